The minimum Gasteiger partial charge on any atom is -0.497 e. The quantitative estimate of drug-likeness (QED) is 0.555. The van der Waals surface area contributed by atoms with Gasteiger partial charge in [-0.1, -0.05) is 18.2 Å². The van der Waals surface area contributed by atoms with Gasteiger partial charge in [-0.25, -0.2) is 0 Å². The van der Waals surface area contributed by atoms with Crippen LogP contribution in [0.5, 0.6) is 5.75 Å². The molecule has 2 aromatic rings. The van der Waals surface area contributed by atoms with E-state index >= 15 is 0 Å². The van der Waals surface area contributed by atoms with Crippen LogP contribution in [0.2, 0.25) is 0 Å². The number of ether oxygens (including phenoxy) is 2. The number of nitrogens with one attached hydrogen (secondary N) is 1. The number of nitrogens with zero attached hydrogens (tertiary/aromatic N) is 1. The molecule has 0 fully saturated rings. The summed E-state index contributed by atoms with van der Waals surface area (Å²) in [6, 6.07) is 13.6. The lowest BCUT2D eigenvalue weighted by molar-refractivity contribution is -0.153. The number of carbonyl (C=O) groups excluding carboxylic acids is 4. The van der Waals surface area contributed by atoms with Crippen LogP contribution in [0.4, 0.5) is 5.69 Å². The van der Waals surface area contributed by atoms with E-state index in [0.717, 1.165) is 4.90 Å². The number of methoxy groups -OCH3 is 1. The van der Waals surface area contributed by atoms with Crippen LogP contribution in [0.1, 0.15) is 29.3 Å². The largest absolute Gasteiger partial charge is 0.497 e. The molecule has 0 aliphatic carbocycles. The number of amides is 3. The zero-order valence-electron chi connectivity index (χ0n) is 16.7. The van der Waals surface area contributed by atoms with Gasteiger partial charge in [0, 0.05) is 17.8 Å². The lowest BCUT2D eigenvalue weighted by Gasteiger charge is -2.26. The Morgan fingerprint density at radius 2 is 1.80 bits per heavy atom. The first-order valence-electron chi connectivity index (χ1n) is 9.46. The lowest BCUT2D eigenvalue weighted by Crippen LogP contribution is -2.43. The van der Waals surface area contributed by atoms with Gasteiger partial charge in [-0.05, 0) is 42.8 Å². The van der Waals surface area contributed by atoms with Crippen molar-refractivity contribution in [3.8, 4) is 5.75 Å². The number of hydrogen-bond donors (Lipinski definition) is 1. The van der Waals surface area contributed by atoms with Gasteiger partial charge in [0.25, 0.3) is 11.8 Å². The summed E-state index contributed by atoms with van der Waals surface area (Å²) < 4.78 is 10.2. The van der Waals surface area contributed by atoms with Crippen LogP contribution in [0.15, 0.2) is 48.5 Å². The Kier molecular flexibility index (Phi) is 6.46. The highest BCUT2D eigenvalue weighted by Crippen LogP contribution is 2.20. The fraction of sp³-hybridized carbons (Fsp3) is 0.273. The minimum atomic E-state index is -1.03. The van der Waals surface area contributed by atoms with Gasteiger partial charge in [0.15, 0.2) is 6.10 Å². The van der Waals surface area contributed by atoms with Crippen LogP contribution in [-0.2, 0) is 25.5 Å². The Morgan fingerprint density at radius 3 is 2.50 bits per heavy atom. The van der Waals surface area contributed by atoms with E-state index < -0.39 is 23.9 Å². The summed E-state index contributed by atoms with van der Waals surface area (Å²) in [7, 11) is 1.54. The highest BCUT2D eigenvalue weighted by Gasteiger charge is 2.31. The number of hydrogen-bond acceptors (Lipinski definition) is 6. The van der Waals surface area contributed by atoms with Crippen molar-refractivity contribution in [3.63, 3.8) is 0 Å². The van der Waals surface area contributed by atoms with Crippen molar-refractivity contribution in [1.82, 2.24) is 4.90 Å². The molecule has 1 aliphatic rings. The van der Waals surface area contributed by atoms with Crippen molar-refractivity contribution < 1.29 is 28.7 Å². The van der Waals surface area contributed by atoms with Crippen molar-refractivity contribution in [2.45, 2.75) is 25.9 Å². The van der Waals surface area contributed by atoms with Gasteiger partial charge in [-0.15, -0.1) is 0 Å². The molecule has 0 bridgehead atoms. The molecule has 3 amide bonds. The van der Waals surface area contributed by atoms with E-state index in [9.17, 15) is 19.2 Å². The van der Waals surface area contributed by atoms with Crippen LogP contribution in [0.3, 0.4) is 0 Å². The maximum Gasteiger partial charge on any atom is 0.308 e. The minimum absolute atomic E-state index is 0.0996. The maximum absolute atomic E-state index is 12.5. The fourth-order valence-corrected chi connectivity index (χ4v) is 3.06. The first kappa shape index (κ1) is 21.0. The SMILES string of the molecule is COc1ccc(NC(=O)[C@@H](C)OC(=O)CCN2C(=O)Cc3ccccc3C2=O)cc1. The highest BCUT2D eigenvalue weighted by molar-refractivity contribution is 6.09. The summed E-state index contributed by atoms with van der Waals surface area (Å²) in [6.07, 6.45) is -1.12. The second-order valence-corrected chi connectivity index (χ2v) is 6.78. The molecule has 1 aliphatic heterocycles. The standard InChI is InChI=1S/C22H22N2O6/c1-14(21(27)23-16-7-9-17(29-2)10-8-16)30-20(26)11-12-24-19(25)13-15-5-3-4-6-18(15)22(24)28/h3-10,14H,11-13H2,1-2H3,(H,23,27)/t14-/m1/s1. The number of fused-ring (bicyclic) bond motifs is 1. The fourth-order valence-electron chi connectivity index (χ4n) is 3.06. The molecule has 8 heteroatoms. The summed E-state index contributed by atoms with van der Waals surface area (Å²) in [6.45, 7) is 1.35. The monoisotopic (exact) mass is 410 g/mol. The molecule has 0 spiro atoms. The predicted octanol–water partition coefficient (Wildman–Crippen LogP) is 2.18. The molecule has 30 heavy (non-hydrogen) atoms. The van der Waals surface area contributed by atoms with Gasteiger partial charge in [-0.2, -0.15) is 0 Å². The molecule has 0 saturated heterocycles. The van der Waals surface area contributed by atoms with Crippen molar-refractivity contribution >= 4 is 29.4 Å². The van der Waals surface area contributed by atoms with E-state index in [4.69, 9.17) is 9.47 Å². The molecule has 0 unspecified atom stereocenters. The lowest BCUT2D eigenvalue weighted by atomic mass is 9.98. The smallest absolute Gasteiger partial charge is 0.308 e. The molecule has 2 aromatic carbocycles. The van der Waals surface area contributed by atoms with Crippen LogP contribution >= 0.6 is 0 Å². The van der Waals surface area contributed by atoms with Crippen LogP contribution < -0.4 is 10.1 Å². The molecule has 1 heterocycles. The highest BCUT2D eigenvalue weighted by atomic mass is 16.5. The van der Waals surface area contributed by atoms with Crippen LogP contribution in [0.25, 0.3) is 0 Å². The first-order chi connectivity index (χ1) is 14.4. The third kappa shape index (κ3) is 4.83. The van der Waals surface area contributed by atoms with E-state index in [2.05, 4.69) is 5.32 Å². The third-order valence-electron chi connectivity index (χ3n) is 4.71. The molecule has 156 valence electrons. The van der Waals surface area contributed by atoms with Crippen LogP contribution in [0, 0.1) is 0 Å². The van der Waals surface area contributed by atoms with Gasteiger partial charge in [0.2, 0.25) is 5.91 Å². The molecule has 0 aromatic heterocycles. The van der Waals surface area contributed by atoms with E-state index in [-0.39, 0.29) is 25.3 Å². The number of benzene rings is 2. The summed E-state index contributed by atoms with van der Waals surface area (Å²) in [5.74, 6) is -1.31. The summed E-state index contributed by atoms with van der Waals surface area (Å²) in [5, 5.41) is 2.64. The summed E-state index contributed by atoms with van der Waals surface area (Å²) in [5.41, 5.74) is 1.67. The van der Waals surface area contributed by atoms with E-state index in [1.165, 1.54) is 6.92 Å². The van der Waals surface area contributed by atoms with Crippen molar-refractivity contribution in [2.24, 2.45) is 0 Å². The van der Waals surface area contributed by atoms with Gasteiger partial charge in [0.1, 0.15) is 5.75 Å². The number of esters is 1. The Bertz CT molecular complexity index is 970. The molecule has 1 N–H and O–H groups in total. The number of rotatable bonds is 7. The Labute approximate surface area is 173 Å². The van der Waals surface area contributed by atoms with E-state index in [1.54, 1.807) is 55.6 Å². The Hall–Kier alpha value is -3.68. The van der Waals surface area contributed by atoms with Gasteiger partial charge in [0.05, 0.1) is 20.0 Å². The number of anilines is 1. The zero-order valence-corrected chi connectivity index (χ0v) is 16.7. The molecular formula is C22H22N2O6. The topological polar surface area (TPSA) is 102 Å². The van der Waals surface area contributed by atoms with Crippen molar-refractivity contribution in [1.29, 1.82) is 0 Å². The number of carbonyl (C=O) groups is 4. The van der Waals surface area contributed by atoms with E-state index in [0.29, 0.717) is 22.6 Å². The molecular weight excluding hydrogens is 388 g/mol. The van der Waals surface area contributed by atoms with Gasteiger partial charge in [-0.3, -0.25) is 24.1 Å². The molecule has 3 rings (SSSR count). The average molecular weight is 410 g/mol. The molecule has 1 atom stereocenters. The molecule has 0 radical (unpaired) electrons. The van der Waals surface area contributed by atoms with Gasteiger partial charge < -0.3 is 14.8 Å². The summed E-state index contributed by atoms with van der Waals surface area (Å²) in [4.78, 5) is 50.1. The second kappa shape index (κ2) is 9.21. The average Bonchev–Trinajstić information content (AvgIpc) is 2.74. The zero-order chi connectivity index (χ0) is 21.7. The predicted molar refractivity (Wildman–Crippen MR) is 108 cm³/mol. The Morgan fingerprint density at radius 1 is 1.10 bits per heavy atom. The number of imide groups is 1. The molecule has 8 nitrogen and oxygen atoms in total. The van der Waals surface area contributed by atoms with E-state index in [1.807, 2.05) is 0 Å². The van der Waals surface area contributed by atoms with Crippen molar-refractivity contribution in [3.05, 3.63) is 59.7 Å². The first-order valence-corrected chi connectivity index (χ1v) is 9.46. The second-order valence-electron chi connectivity index (χ2n) is 6.78. The third-order valence-corrected chi connectivity index (χ3v) is 4.71. The van der Waals surface area contributed by atoms with Crippen LogP contribution in [-0.4, -0.2) is 48.3 Å². The van der Waals surface area contributed by atoms with Crippen molar-refractivity contribution in [2.75, 3.05) is 19.0 Å². The Balaban J connectivity index is 1.50. The summed E-state index contributed by atoms with van der Waals surface area (Å²) >= 11 is 0. The maximum atomic E-state index is 12.5. The molecule has 0 saturated carbocycles. The van der Waals surface area contributed by atoms with Gasteiger partial charge >= 0.3 is 5.97 Å². The normalized spacial score (nSPS) is 14.0.